The van der Waals surface area contributed by atoms with Crippen LogP contribution in [0.25, 0.3) is 0 Å². The highest BCUT2D eigenvalue weighted by Crippen LogP contribution is 2.03. The van der Waals surface area contributed by atoms with Gasteiger partial charge in [-0.15, -0.1) is 0 Å². The number of aliphatic carboxylic acids is 1. The van der Waals surface area contributed by atoms with Crippen molar-refractivity contribution in [2.45, 2.75) is 50.2 Å². The molecule has 0 aromatic heterocycles. The van der Waals surface area contributed by atoms with E-state index in [1.165, 1.54) is 0 Å². The van der Waals surface area contributed by atoms with Gasteiger partial charge in [-0.05, 0) is 25.8 Å². The molecular weight excluding hydrogens is 402 g/mol. The lowest BCUT2D eigenvalue weighted by Crippen LogP contribution is -2.57. The van der Waals surface area contributed by atoms with Gasteiger partial charge in [0.15, 0.2) is 0 Å². The number of nitrogens with two attached hydrogens (primary N) is 4. The Morgan fingerprint density at radius 3 is 1.60 bits per heavy atom. The van der Waals surface area contributed by atoms with Gasteiger partial charge in [0.1, 0.15) is 18.1 Å². The SMILES string of the molecule is NCCCCC(NC(=O)C(CC(N)=O)NC(=O)C(CC(N)=O)NC(=O)CN)C(=O)O. The Kier molecular flexibility index (Phi) is 12.3. The van der Waals surface area contributed by atoms with Crippen molar-refractivity contribution >= 4 is 35.5 Å². The second-order valence-electron chi connectivity index (χ2n) is 6.41. The average molecular weight is 431 g/mol. The number of carboxylic acids is 1. The van der Waals surface area contributed by atoms with Gasteiger partial charge in [0.2, 0.25) is 29.5 Å². The fraction of sp³-hybridized carbons (Fsp3) is 0.625. The molecule has 0 rings (SSSR count). The Morgan fingerprint density at radius 2 is 1.20 bits per heavy atom. The van der Waals surface area contributed by atoms with Crippen LogP contribution < -0.4 is 38.9 Å². The van der Waals surface area contributed by atoms with Crippen LogP contribution in [-0.2, 0) is 28.8 Å². The monoisotopic (exact) mass is 431 g/mol. The van der Waals surface area contributed by atoms with Crippen LogP contribution in [0.15, 0.2) is 0 Å². The van der Waals surface area contributed by atoms with Crippen LogP contribution in [0.3, 0.4) is 0 Å². The van der Waals surface area contributed by atoms with Crippen LogP contribution in [0.2, 0.25) is 0 Å². The number of hydrogen-bond acceptors (Lipinski definition) is 8. The smallest absolute Gasteiger partial charge is 0.326 e. The third-order valence-corrected chi connectivity index (χ3v) is 3.84. The van der Waals surface area contributed by atoms with Crippen LogP contribution >= 0.6 is 0 Å². The van der Waals surface area contributed by atoms with Crippen molar-refractivity contribution in [2.75, 3.05) is 13.1 Å². The molecule has 5 amide bonds. The van der Waals surface area contributed by atoms with Crippen molar-refractivity contribution in [1.82, 2.24) is 16.0 Å². The first-order valence-corrected chi connectivity index (χ1v) is 9.11. The molecule has 170 valence electrons. The van der Waals surface area contributed by atoms with Crippen molar-refractivity contribution in [1.29, 1.82) is 0 Å². The van der Waals surface area contributed by atoms with Crippen LogP contribution in [-0.4, -0.2) is 71.8 Å². The van der Waals surface area contributed by atoms with E-state index < -0.39 is 73.0 Å². The predicted octanol–water partition coefficient (Wildman–Crippen LogP) is -4.64. The quantitative estimate of drug-likeness (QED) is 0.116. The highest BCUT2D eigenvalue weighted by atomic mass is 16.4. The van der Waals surface area contributed by atoms with Crippen molar-refractivity contribution in [3.05, 3.63) is 0 Å². The van der Waals surface area contributed by atoms with E-state index in [1.54, 1.807) is 0 Å². The molecule has 0 aromatic carbocycles. The molecule has 3 atom stereocenters. The molecule has 3 unspecified atom stereocenters. The Morgan fingerprint density at radius 1 is 0.733 bits per heavy atom. The van der Waals surface area contributed by atoms with Crippen molar-refractivity contribution in [3.63, 3.8) is 0 Å². The largest absolute Gasteiger partial charge is 0.480 e. The Balaban J connectivity index is 5.34. The fourth-order valence-electron chi connectivity index (χ4n) is 2.37. The minimum absolute atomic E-state index is 0.0758. The molecule has 0 saturated heterocycles. The molecule has 0 aliphatic heterocycles. The number of carbonyl (C=O) groups excluding carboxylic acids is 5. The minimum Gasteiger partial charge on any atom is -0.480 e. The third kappa shape index (κ3) is 10.9. The lowest BCUT2D eigenvalue weighted by molar-refractivity contribution is -0.142. The standard InChI is InChI=1S/C16H29N7O7/c17-4-2-1-3-8(16(29)30)22-15(28)10(6-12(20)25)23-14(27)9(5-11(19)24)21-13(26)7-18/h8-10H,1-7,17-18H2,(H2,19,24)(H2,20,25)(H,21,26)(H,22,28)(H,23,27)(H,29,30). The zero-order chi connectivity index (χ0) is 23.3. The van der Waals surface area contributed by atoms with Gasteiger partial charge in [0.05, 0.1) is 19.4 Å². The molecule has 0 fully saturated rings. The Hall–Kier alpha value is -3.26. The molecule has 0 aromatic rings. The van der Waals surface area contributed by atoms with Gasteiger partial charge in [-0.3, -0.25) is 24.0 Å². The zero-order valence-electron chi connectivity index (χ0n) is 16.4. The van der Waals surface area contributed by atoms with Crippen molar-refractivity contribution in [2.24, 2.45) is 22.9 Å². The number of amides is 5. The van der Waals surface area contributed by atoms with Gasteiger partial charge in [-0.2, -0.15) is 0 Å². The molecule has 0 heterocycles. The highest BCUT2D eigenvalue weighted by molar-refractivity contribution is 5.97. The lowest BCUT2D eigenvalue weighted by atomic mass is 10.1. The second-order valence-corrected chi connectivity index (χ2v) is 6.41. The summed E-state index contributed by atoms with van der Waals surface area (Å²) in [7, 11) is 0. The molecule has 14 nitrogen and oxygen atoms in total. The van der Waals surface area contributed by atoms with Crippen LogP contribution in [0.5, 0.6) is 0 Å². The number of hydrogen-bond donors (Lipinski definition) is 8. The maximum Gasteiger partial charge on any atom is 0.326 e. The summed E-state index contributed by atoms with van der Waals surface area (Å²) < 4.78 is 0. The highest BCUT2D eigenvalue weighted by Gasteiger charge is 2.31. The van der Waals surface area contributed by atoms with Gasteiger partial charge >= 0.3 is 5.97 Å². The van der Waals surface area contributed by atoms with E-state index in [9.17, 15) is 33.9 Å². The maximum atomic E-state index is 12.5. The van der Waals surface area contributed by atoms with Crippen molar-refractivity contribution in [3.8, 4) is 0 Å². The van der Waals surface area contributed by atoms with Gasteiger partial charge in [0, 0.05) is 0 Å². The summed E-state index contributed by atoms with van der Waals surface area (Å²) in [5.74, 6) is -5.95. The molecular formula is C16H29N7O7. The number of primary amides is 2. The summed E-state index contributed by atoms with van der Waals surface area (Å²) in [6.45, 7) is -0.132. The van der Waals surface area contributed by atoms with E-state index in [1.807, 2.05) is 0 Å². The van der Waals surface area contributed by atoms with Gasteiger partial charge in [0.25, 0.3) is 0 Å². The van der Waals surface area contributed by atoms with Gasteiger partial charge in [-0.1, -0.05) is 0 Å². The average Bonchev–Trinajstić information content (AvgIpc) is 2.64. The second kappa shape index (κ2) is 13.8. The number of nitrogens with one attached hydrogen (secondary N) is 3. The number of rotatable bonds is 15. The van der Waals surface area contributed by atoms with Crippen LogP contribution in [0.4, 0.5) is 0 Å². The zero-order valence-corrected chi connectivity index (χ0v) is 16.4. The number of carboxylic acid groups (broad SMARTS) is 1. The fourth-order valence-corrected chi connectivity index (χ4v) is 2.37. The molecule has 0 radical (unpaired) electrons. The lowest BCUT2D eigenvalue weighted by Gasteiger charge is -2.23. The molecule has 14 heteroatoms. The third-order valence-electron chi connectivity index (χ3n) is 3.84. The summed E-state index contributed by atoms with van der Waals surface area (Å²) in [6, 6.07) is -4.28. The van der Waals surface area contributed by atoms with Crippen LogP contribution in [0.1, 0.15) is 32.1 Å². The summed E-state index contributed by atoms with van der Waals surface area (Å²) in [4.78, 5) is 70.1. The normalized spacial score (nSPS) is 13.4. The van der Waals surface area contributed by atoms with Gasteiger partial charge in [-0.25, -0.2) is 4.79 Å². The number of carbonyl (C=O) groups is 6. The first-order chi connectivity index (χ1) is 14.0. The van der Waals surface area contributed by atoms with E-state index in [0.29, 0.717) is 19.4 Å². The molecule has 12 N–H and O–H groups in total. The van der Waals surface area contributed by atoms with E-state index in [-0.39, 0.29) is 6.42 Å². The Labute approximate surface area is 172 Å². The number of unbranched alkanes of at least 4 members (excludes halogenated alkanes) is 1. The Bertz CT molecular complexity index is 656. The summed E-state index contributed by atoms with van der Waals surface area (Å²) in [5, 5.41) is 15.8. The van der Waals surface area contributed by atoms with E-state index in [2.05, 4.69) is 16.0 Å². The topological polar surface area (TPSA) is 263 Å². The van der Waals surface area contributed by atoms with E-state index in [4.69, 9.17) is 22.9 Å². The van der Waals surface area contributed by atoms with Gasteiger partial charge < -0.3 is 44.0 Å². The molecule has 0 spiro atoms. The molecule has 0 bridgehead atoms. The molecule has 0 aliphatic carbocycles. The first kappa shape index (κ1) is 26.7. The minimum atomic E-state index is -1.54. The first-order valence-electron chi connectivity index (χ1n) is 9.11. The molecule has 0 saturated carbocycles. The molecule has 30 heavy (non-hydrogen) atoms. The van der Waals surface area contributed by atoms with E-state index in [0.717, 1.165) is 0 Å². The van der Waals surface area contributed by atoms with Crippen molar-refractivity contribution < 1.29 is 33.9 Å². The predicted molar refractivity (Wildman–Crippen MR) is 103 cm³/mol. The van der Waals surface area contributed by atoms with Crippen LogP contribution in [0, 0.1) is 0 Å². The summed E-state index contributed by atoms with van der Waals surface area (Å²) in [6.07, 6.45) is -0.213. The summed E-state index contributed by atoms with van der Waals surface area (Å²) >= 11 is 0. The summed E-state index contributed by atoms with van der Waals surface area (Å²) in [5.41, 5.74) is 20.6. The van der Waals surface area contributed by atoms with E-state index >= 15 is 0 Å². The molecule has 0 aliphatic rings. The maximum absolute atomic E-state index is 12.5.